The summed E-state index contributed by atoms with van der Waals surface area (Å²) in [5, 5.41) is 41.2. The van der Waals surface area contributed by atoms with Crippen molar-refractivity contribution >= 4 is 33.4 Å². The van der Waals surface area contributed by atoms with E-state index in [4.69, 9.17) is 28.3 Å². The fourth-order valence-corrected chi connectivity index (χ4v) is 8.83. The number of aliphatic hydroxyl groups excluding tert-OH is 4. The average molecular weight is 919 g/mol. The first kappa shape index (κ1) is 57.7. The van der Waals surface area contributed by atoms with Crippen molar-refractivity contribution in [3.8, 4) is 0 Å². The quantitative estimate of drug-likeness (QED) is 0.0180. The van der Waals surface area contributed by atoms with Gasteiger partial charge in [0, 0.05) is 19.3 Å². The number of carbonyl (C=O) groups excluding carboxylic acids is 3. The van der Waals surface area contributed by atoms with E-state index < -0.39 is 83.3 Å². The van der Waals surface area contributed by atoms with Gasteiger partial charge in [0.25, 0.3) is 0 Å². The molecule has 0 aromatic rings. The molecule has 0 heterocycles. The van der Waals surface area contributed by atoms with Crippen molar-refractivity contribution in [2.24, 2.45) is 0 Å². The van der Waals surface area contributed by atoms with Crippen LogP contribution in [0.5, 0.6) is 0 Å². The predicted octanol–water partition coefficient (Wildman–Crippen LogP) is 7.41. The highest BCUT2D eigenvalue weighted by Crippen LogP contribution is 2.49. The van der Waals surface area contributed by atoms with E-state index in [0.717, 1.165) is 89.9 Å². The second-order valence-electron chi connectivity index (χ2n) is 16.5. The van der Waals surface area contributed by atoms with Crippen molar-refractivity contribution in [1.82, 2.24) is 0 Å². The van der Waals surface area contributed by atoms with E-state index in [2.05, 4.69) is 11.4 Å². The van der Waals surface area contributed by atoms with Gasteiger partial charge in [-0.25, -0.2) is 9.13 Å². The molecule has 1 fully saturated rings. The fraction of sp³-hybridized carbons (Fsp3) is 0.929. The molecular weight excluding hydrogens is 838 g/mol. The number of hydrogen-bond acceptors (Lipinski definition) is 14. The van der Waals surface area contributed by atoms with Gasteiger partial charge in [-0.15, -0.1) is 0 Å². The first-order valence-corrected chi connectivity index (χ1v) is 26.0. The molecule has 8 atom stereocenters. The number of ether oxygens (including phenoxy) is 2. The van der Waals surface area contributed by atoms with Crippen molar-refractivity contribution in [2.45, 2.75) is 236 Å². The van der Waals surface area contributed by atoms with Gasteiger partial charge in [-0.05, 0) is 25.7 Å². The lowest BCUT2D eigenvalue weighted by molar-refractivity contribution is -0.216. The SMILES string of the molecule is CCCCCCCCCCCCCCCC(=O)O[C@@H](COP(=O)(O)OC1C(O)[C@H](O)C(O)[C@H](OP(=O)(O)O)[C@@H]1O)CC(=O)OCCCCCCCCCCCCC(=O)CCC. The average Bonchev–Trinajstić information content (AvgIpc) is 3.19. The molecular formula is C42H80O17P2. The third kappa shape index (κ3) is 29.0. The van der Waals surface area contributed by atoms with Crippen LogP contribution < -0.4 is 0 Å². The lowest BCUT2D eigenvalue weighted by Crippen LogP contribution is -2.64. The molecule has 1 aliphatic carbocycles. The second kappa shape index (κ2) is 34.1. The van der Waals surface area contributed by atoms with Gasteiger partial charge in [0.1, 0.15) is 48.5 Å². The number of rotatable bonds is 39. The minimum atomic E-state index is -5.37. The highest BCUT2D eigenvalue weighted by molar-refractivity contribution is 7.47. The van der Waals surface area contributed by atoms with Gasteiger partial charge in [-0.2, -0.15) is 0 Å². The summed E-state index contributed by atoms with van der Waals surface area (Å²) in [7, 11) is -10.7. The van der Waals surface area contributed by atoms with Gasteiger partial charge < -0.3 is 44.6 Å². The summed E-state index contributed by atoms with van der Waals surface area (Å²) < 4.78 is 49.3. The molecule has 0 radical (unpaired) electrons. The number of esters is 2. The third-order valence-electron chi connectivity index (χ3n) is 10.8. The van der Waals surface area contributed by atoms with Gasteiger partial charge >= 0.3 is 27.6 Å². The molecule has 0 amide bonds. The van der Waals surface area contributed by atoms with Crippen LogP contribution in [0.1, 0.15) is 194 Å². The molecule has 7 N–H and O–H groups in total. The number of Topliss-reactive ketones (excluding diaryl/α,β-unsaturated/α-hetero) is 1. The highest BCUT2D eigenvalue weighted by Gasteiger charge is 2.54. The van der Waals surface area contributed by atoms with Crippen LogP contribution in [-0.4, -0.2) is 109 Å². The zero-order valence-corrected chi connectivity index (χ0v) is 38.7. The summed E-state index contributed by atoms with van der Waals surface area (Å²) in [5.74, 6) is -1.07. The molecule has 0 bridgehead atoms. The van der Waals surface area contributed by atoms with Gasteiger partial charge in [-0.1, -0.05) is 142 Å². The maximum Gasteiger partial charge on any atom is 0.472 e. The normalized spacial score (nSPS) is 22.1. The first-order valence-electron chi connectivity index (χ1n) is 23.0. The molecule has 1 aliphatic rings. The summed E-state index contributed by atoms with van der Waals surface area (Å²) in [6, 6.07) is 0. The number of carbonyl (C=O) groups is 3. The topological polar surface area (TPSA) is 273 Å². The number of unbranched alkanes of at least 4 members (excludes halogenated alkanes) is 21. The molecule has 0 aromatic carbocycles. The molecule has 0 aromatic heterocycles. The van der Waals surface area contributed by atoms with Crippen molar-refractivity contribution < 1.29 is 81.7 Å². The Kier molecular flexibility index (Phi) is 32.2. The number of phosphoric ester groups is 2. The summed E-state index contributed by atoms with van der Waals surface area (Å²) in [6.45, 7) is 3.47. The Labute approximate surface area is 363 Å². The number of aliphatic hydroxyl groups is 4. The van der Waals surface area contributed by atoms with Crippen LogP contribution in [0.3, 0.4) is 0 Å². The summed E-state index contributed by atoms with van der Waals surface area (Å²) in [6.07, 6.45) is 11.3. The van der Waals surface area contributed by atoms with E-state index in [1.54, 1.807) is 0 Å². The standard InChI is InChI=1S/C42H80O17P2/c1-3-5-6-7-8-9-10-11-12-16-19-22-25-29-35(44)57-34(31-36(45)55-30-26-23-20-17-14-13-15-18-21-24-28-33(43)27-4-2)32-56-61(53,54)59-42-39(48)37(46)38(47)41(40(42)49)58-60(50,51)52/h34,37-42,46-49H,3-32H2,1-2H3,(H,53,54)(H2,50,51,52)/t34-,37-,38?,39?,40+,41+,42?/m1/s1. The van der Waals surface area contributed by atoms with Crippen LogP contribution in [-0.2, 0) is 46.6 Å². The Balaban J connectivity index is 2.60. The van der Waals surface area contributed by atoms with Crippen LogP contribution >= 0.6 is 15.6 Å². The van der Waals surface area contributed by atoms with Gasteiger partial charge in [-0.3, -0.25) is 28.0 Å². The molecule has 0 aliphatic heterocycles. The van der Waals surface area contributed by atoms with Crippen molar-refractivity contribution in [3.63, 3.8) is 0 Å². The highest BCUT2D eigenvalue weighted by atomic mass is 31.2. The Bertz CT molecular complexity index is 1270. The smallest absolute Gasteiger partial charge is 0.466 e. The summed E-state index contributed by atoms with van der Waals surface area (Å²) >= 11 is 0. The largest absolute Gasteiger partial charge is 0.472 e. The molecule has 1 rings (SSSR count). The lowest BCUT2D eigenvalue weighted by atomic mass is 9.85. The van der Waals surface area contributed by atoms with E-state index in [1.807, 2.05) is 6.92 Å². The Morgan fingerprint density at radius 1 is 0.508 bits per heavy atom. The first-order chi connectivity index (χ1) is 29.0. The van der Waals surface area contributed by atoms with Gasteiger partial charge in [0.15, 0.2) is 0 Å². The Morgan fingerprint density at radius 2 is 0.951 bits per heavy atom. The molecule has 61 heavy (non-hydrogen) atoms. The molecule has 4 unspecified atom stereocenters. The van der Waals surface area contributed by atoms with Crippen molar-refractivity contribution in [3.05, 3.63) is 0 Å². The predicted molar refractivity (Wildman–Crippen MR) is 228 cm³/mol. The van der Waals surface area contributed by atoms with Gasteiger partial charge in [0.05, 0.1) is 19.6 Å². The Morgan fingerprint density at radius 3 is 1.43 bits per heavy atom. The molecule has 0 spiro atoms. The van der Waals surface area contributed by atoms with Crippen LogP contribution in [0.2, 0.25) is 0 Å². The maximum atomic E-state index is 13.0. The fourth-order valence-electron chi connectivity index (χ4n) is 7.29. The van der Waals surface area contributed by atoms with E-state index in [1.165, 1.54) is 51.4 Å². The number of ketones is 1. The van der Waals surface area contributed by atoms with Gasteiger partial charge in [0.2, 0.25) is 0 Å². The van der Waals surface area contributed by atoms with Crippen LogP contribution in [0.15, 0.2) is 0 Å². The van der Waals surface area contributed by atoms with Crippen LogP contribution in [0.25, 0.3) is 0 Å². The lowest BCUT2D eigenvalue weighted by Gasteiger charge is -2.43. The maximum absolute atomic E-state index is 13.0. The third-order valence-corrected chi connectivity index (χ3v) is 12.3. The number of hydrogen-bond donors (Lipinski definition) is 7. The monoisotopic (exact) mass is 918 g/mol. The number of phosphoric acid groups is 2. The molecule has 360 valence electrons. The molecule has 1 saturated carbocycles. The zero-order chi connectivity index (χ0) is 45.5. The summed E-state index contributed by atoms with van der Waals surface area (Å²) in [4.78, 5) is 66.0. The summed E-state index contributed by atoms with van der Waals surface area (Å²) in [5.41, 5.74) is 0. The molecule has 17 nitrogen and oxygen atoms in total. The van der Waals surface area contributed by atoms with E-state index >= 15 is 0 Å². The minimum Gasteiger partial charge on any atom is -0.466 e. The minimum absolute atomic E-state index is 0.0261. The molecule has 19 heteroatoms. The van der Waals surface area contributed by atoms with Crippen LogP contribution in [0, 0.1) is 0 Å². The van der Waals surface area contributed by atoms with E-state index in [0.29, 0.717) is 31.5 Å². The van der Waals surface area contributed by atoms with Crippen LogP contribution in [0.4, 0.5) is 0 Å². The second-order valence-corrected chi connectivity index (χ2v) is 19.1. The van der Waals surface area contributed by atoms with E-state index in [9.17, 15) is 48.8 Å². The van der Waals surface area contributed by atoms with E-state index in [-0.39, 0.29) is 13.0 Å². The van der Waals surface area contributed by atoms with Crippen molar-refractivity contribution in [2.75, 3.05) is 13.2 Å². The Hall–Kier alpha value is -1.33. The van der Waals surface area contributed by atoms with Crippen molar-refractivity contribution in [1.29, 1.82) is 0 Å². The zero-order valence-electron chi connectivity index (χ0n) is 36.9. The molecule has 0 saturated heterocycles.